The van der Waals surface area contributed by atoms with E-state index in [2.05, 4.69) is 13.8 Å². The molecule has 1 fully saturated rings. The van der Waals surface area contributed by atoms with Gasteiger partial charge in [-0.05, 0) is 18.3 Å². The minimum atomic E-state index is 0.369. The predicted octanol–water partition coefficient (Wildman–Crippen LogP) is 1.01. The van der Waals surface area contributed by atoms with Gasteiger partial charge in [0.25, 0.3) is 0 Å². The molecule has 0 spiro atoms. The highest BCUT2D eigenvalue weighted by molar-refractivity contribution is 4.78. The summed E-state index contributed by atoms with van der Waals surface area (Å²) < 4.78 is 5.33. The molecule has 10 heavy (non-hydrogen) atoms. The van der Waals surface area contributed by atoms with Crippen LogP contribution in [0.15, 0.2) is 0 Å². The van der Waals surface area contributed by atoms with Crippen LogP contribution in [0.5, 0.6) is 0 Å². The van der Waals surface area contributed by atoms with E-state index in [9.17, 15) is 0 Å². The Morgan fingerprint density at radius 3 is 2.60 bits per heavy atom. The van der Waals surface area contributed by atoms with Gasteiger partial charge in [0.15, 0.2) is 0 Å². The van der Waals surface area contributed by atoms with Gasteiger partial charge in [-0.25, -0.2) is 0 Å². The van der Waals surface area contributed by atoms with Crippen molar-refractivity contribution < 1.29 is 4.74 Å². The molecule has 60 valence electrons. The van der Waals surface area contributed by atoms with Crippen LogP contribution in [-0.2, 0) is 4.74 Å². The van der Waals surface area contributed by atoms with E-state index >= 15 is 0 Å². The quantitative estimate of drug-likeness (QED) is 0.594. The average molecular weight is 143 g/mol. The molecular formula is C8H17NO. The molecule has 1 heterocycles. The lowest BCUT2D eigenvalue weighted by molar-refractivity contribution is 0.0240. The smallest absolute Gasteiger partial charge is 0.0511 e. The highest BCUT2D eigenvalue weighted by Crippen LogP contribution is 2.20. The zero-order chi connectivity index (χ0) is 7.56. The van der Waals surface area contributed by atoms with Crippen LogP contribution in [0.3, 0.4) is 0 Å². The largest absolute Gasteiger partial charge is 0.381 e. The first-order valence-corrected chi connectivity index (χ1v) is 4.05. The van der Waals surface area contributed by atoms with Gasteiger partial charge in [-0.2, -0.15) is 0 Å². The van der Waals surface area contributed by atoms with E-state index in [-0.39, 0.29) is 0 Å². The third kappa shape index (κ3) is 1.70. The summed E-state index contributed by atoms with van der Waals surface area (Å²) in [5, 5.41) is 0. The van der Waals surface area contributed by atoms with Gasteiger partial charge in [-0.15, -0.1) is 0 Å². The molecule has 1 saturated heterocycles. The number of hydrogen-bond acceptors (Lipinski definition) is 2. The van der Waals surface area contributed by atoms with Crippen molar-refractivity contribution in [1.82, 2.24) is 0 Å². The predicted molar refractivity (Wildman–Crippen MR) is 41.7 cm³/mol. The topological polar surface area (TPSA) is 35.2 Å². The second kappa shape index (κ2) is 3.35. The molecule has 0 aromatic carbocycles. The summed E-state index contributed by atoms with van der Waals surface area (Å²) in [4.78, 5) is 0. The first-order valence-electron chi connectivity index (χ1n) is 4.05. The maximum atomic E-state index is 5.90. The van der Waals surface area contributed by atoms with E-state index in [0.29, 0.717) is 17.9 Å². The molecule has 1 aliphatic rings. The molecule has 0 aromatic rings. The second-order valence-corrected chi connectivity index (χ2v) is 3.44. The van der Waals surface area contributed by atoms with E-state index in [4.69, 9.17) is 10.5 Å². The van der Waals surface area contributed by atoms with Gasteiger partial charge in [0, 0.05) is 12.6 Å². The Labute approximate surface area is 62.7 Å². The van der Waals surface area contributed by atoms with Crippen LogP contribution in [0, 0.1) is 11.8 Å². The van der Waals surface area contributed by atoms with Crippen molar-refractivity contribution in [3.05, 3.63) is 0 Å². The third-order valence-corrected chi connectivity index (χ3v) is 2.31. The summed E-state index contributed by atoms with van der Waals surface area (Å²) >= 11 is 0. The molecule has 2 atom stereocenters. The van der Waals surface area contributed by atoms with Crippen LogP contribution < -0.4 is 5.73 Å². The lowest BCUT2D eigenvalue weighted by Crippen LogP contribution is -2.41. The summed E-state index contributed by atoms with van der Waals surface area (Å²) in [5.74, 6) is 1.24. The van der Waals surface area contributed by atoms with Gasteiger partial charge in [-0.3, -0.25) is 0 Å². The Morgan fingerprint density at radius 1 is 1.50 bits per heavy atom. The maximum absolute atomic E-state index is 5.90. The maximum Gasteiger partial charge on any atom is 0.0511 e. The van der Waals surface area contributed by atoms with E-state index in [1.54, 1.807) is 0 Å². The Kier molecular flexibility index (Phi) is 2.69. The molecule has 2 heteroatoms. The van der Waals surface area contributed by atoms with E-state index in [1.165, 1.54) is 0 Å². The van der Waals surface area contributed by atoms with Crippen molar-refractivity contribution in [3.8, 4) is 0 Å². The summed E-state index contributed by atoms with van der Waals surface area (Å²) in [6, 6.07) is 0.369. The first-order chi connectivity index (χ1) is 4.72. The number of nitrogens with two attached hydrogens (primary N) is 1. The molecule has 0 unspecified atom stereocenters. The van der Waals surface area contributed by atoms with Gasteiger partial charge in [-0.1, -0.05) is 13.8 Å². The zero-order valence-electron chi connectivity index (χ0n) is 6.84. The number of ether oxygens (including phenoxy) is 1. The summed E-state index contributed by atoms with van der Waals surface area (Å²) in [6.45, 7) is 6.13. The van der Waals surface area contributed by atoms with Gasteiger partial charge < -0.3 is 10.5 Å². The Hall–Kier alpha value is -0.0800. The normalized spacial score (nSPS) is 34.8. The van der Waals surface area contributed by atoms with Crippen molar-refractivity contribution in [1.29, 1.82) is 0 Å². The van der Waals surface area contributed by atoms with Crippen molar-refractivity contribution in [2.75, 3.05) is 13.2 Å². The molecule has 0 radical (unpaired) electrons. The molecule has 0 aromatic heterocycles. The summed E-state index contributed by atoms with van der Waals surface area (Å²) in [6.07, 6.45) is 1.03. The molecule has 2 N–H and O–H groups in total. The number of hydrogen-bond donors (Lipinski definition) is 1. The fourth-order valence-corrected chi connectivity index (χ4v) is 1.46. The van der Waals surface area contributed by atoms with Gasteiger partial charge >= 0.3 is 0 Å². The van der Waals surface area contributed by atoms with E-state index < -0.39 is 0 Å². The Morgan fingerprint density at radius 2 is 2.20 bits per heavy atom. The molecule has 1 aliphatic heterocycles. The molecule has 1 rings (SSSR count). The highest BCUT2D eigenvalue weighted by atomic mass is 16.5. The van der Waals surface area contributed by atoms with Crippen LogP contribution in [0.25, 0.3) is 0 Å². The zero-order valence-corrected chi connectivity index (χ0v) is 6.84. The minimum Gasteiger partial charge on any atom is -0.381 e. The van der Waals surface area contributed by atoms with Gasteiger partial charge in [0.05, 0.1) is 6.61 Å². The summed E-state index contributed by atoms with van der Waals surface area (Å²) in [7, 11) is 0. The number of rotatable bonds is 1. The Balaban J connectivity index is 2.40. The van der Waals surface area contributed by atoms with Crippen molar-refractivity contribution in [2.45, 2.75) is 26.3 Å². The third-order valence-electron chi connectivity index (χ3n) is 2.31. The first kappa shape index (κ1) is 8.02. The summed E-state index contributed by atoms with van der Waals surface area (Å²) in [5.41, 5.74) is 5.90. The van der Waals surface area contributed by atoms with Gasteiger partial charge in [0.2, 0.25) is 0 Å². The van der Waals surface area contributed by atoms with Crippen LogP contribution in [0.2, 0.25) is 0 Å². The molecule has 2 nitrogen and oxygen atoms in total. The molecule has 0 amide bonds. The van der Waals surface area contributed by atoms with Gasteiger partial charge in [0.1, 0.15) is 0 Å². The second-order valence-electron chi connectivity index (χ2n) is 3.44. The highest BCUT2D eigenvalue weighted by Gasteiger charge is 2.24. The average Bonchev–Trinajstić information content (AvgIpc) is 1.88. The monoisotopic (exact) mass is 143 g/mol. The fourth-order valence-electron chi connectivity index (χ4n) is 1.46. The van der Waals surface area contributed by atoms with Crippen LogP contribution >= 0.6 is 0 Å². The molecular weight excluding hydrogens is 126 g/mol. The standard InChI is InChI=1S/C8H17NO/c1-6(2)7-5-10-4-3-8(7)9/h6-8H,3-5,9H2,1-2H3/t7-,8+/m1/s1. The van der Waals surface area contributed by atoms with Crippen molar-refractivity contribution in [2.24, 2.45) is 17.6 Å². The van der Waals surface area contributed by atoms with Crippen LogP contribution in [0.4, 0.5) is 0 Å². The van der Waals surface area contributed by atoms with Crippen LogP contribution in [-0.4, -0.2) is 19.3 Å². The molecule has 0 aliphatic carbocycles. The van der Waals surface area contributed by atoms with E-state index in [1.807, 2.05) is 0 Å². The molecule has 0 bridgehead atoms. The Bertz CT molecular complexity index is 103. The molecule has 0 saturated carbocycles. The van der Waals surface area contributed by atoms with Crippen LogP contribution in [0.1, 0.15) is 20.3 Å². The minimum absolute atomic E-state index is 0.369. The van der Waals surface area contributed by atoms with E-state index in [0.717, 1.165) is 19.6 Å². The SMILES string of the molecule is CC(C)[C@H]1COCC[C@@H]1N. The lowest BCUT2D eigenvalue weighted by Gasteiger charge is -2.31. The fraction of sp³-hybridized carbons (Fsp3) is 1.00. The van der Waals surface area contributed by atoms with Crippen molar-refractivity contribution >= 4 is 0 Å². The van der Waals surface area contributed by atoms with Crippen molar-refractivity contribution in [3.63, 3.8) is 0 Å². The lowest BCUT2D eigenvalue weighted by atomic mass is 9.87.